The van der Waals surface area contributed by atoms with Gasteiger partial charge in [-0.1, -0.05) is 34.1 Å². The van der Waals surface area contributed by atoms with Crippen LogP contribution in [0, 0.1) is 0 Å². The van der Waals surface area contributed by atoms with E-state index in [-0.39, 0.29) is 18.1 Å². The van der Waals surface area contributed by atoms with Crippen LogP contribution in [-0.4, -0.2) is 21.2 Å². The number of aromatic nitrogens is 2. The van der Waals surface area contributed by atoms with E-state index in [1.165, 1.54) is 17.7 Å². The topological polar surface area (TPSA) is 78.0 Å². The van der Waals surface area contributed by atoms with Gasteiger partial charge < -0.3 is 10.4 Å². The fourth-order valence-corrected chi connectivity index (χ4v) is 3.68. The molecule has 0 bridgehead atoms. The van der Waals surface area contributed by atoms with Crippen molar-refractivity contribution in [1.29, 1.82) is 0 Å². The van der Waals surface area contributed by atoms with Gasteiger partial charge in [0.05, 0.1) is 12.1 Å². The van der Waals surface area contributed by atoms with E-state index in [0.29, 0.717) is 5.56 Å². The predicted octanol–water partition coefficient (Wildman–Crippen LogP) is 4.21. The van der Waals surface area contributed by atoms with Crippen molar-refractivity contribution in [3.8, 4) is 17.0 Å². The van der Waals surface area contributed by atoms with Crippen molar-refractivity contribution in [2.75, 3.05) is 5.32 Å². The lowest BCUT2D eigenvalue weighted by Gasteiger charge is -2.08. The minimum absolute atomic E-state index is 0.109. The first-order valence-corrected chi connectivity index (χ1v) is 9.33. The van der Waals surface area contributed by atoms with E-state index in [1.54, 1.807) is 18.2 Å². The van der Waals surface area contributed by atoms with Crippen molar-refractivity contribution < 1.29 is 9.90 Å². The standard InChI is InChI=1S/C20H18BrN3O2/c21-14-7-4-13(18(25)11-14)10-19(26)22-15-8-5-12(6-9-15)20-16-2-1-3-17(16)23-24-20/h4-9,11,25H,1-3,10H2,(H,22,26)(H,23,24). The van der Waals surface area contributed by atoms with Gasteiger partial charge in [0.1, 0.15) is 5.75 Å². The third kappa shape index (κ3) is 3.37. The van der Waals surface area contributed by atoms with Crippen LogP contribution in [-0.2, 0) is 24.1 Å². The summed E-state index contributed by atoms with van der Waals surface area (Å²) in [4.78, 5) is 12.2. The van der Waals surface area contributed by atoms with Crippen molar-refractivity contribution in [2.45, 2.75) is 25.7 Å². The average molecular weight is 412 g/mol. The van der Waals surface area contributed by atoms with Crippen molar-refractivity contribution in [2.24, 2.45) is 0 Å². The van der Waals surface area contributed by atoms with Crippen LogP contribution in [0.3, 0.4) is 0 Å². The Kier molecular flexibility index (Phi) is 4.51. The minimum Gasteiger partial charge on any atom is -0.508 e. The van der Waals surface area contributed by atoms with E-state index in [4.69, 9.17) is 0 Å². The summed E-state index contributed by atoms with van der Waals surface area (Å²) in [5, 5.41) is 20.3. The summed E-state index contributed by atoms with van der Waals surface area (Å²) in [6, 6.07) is 12.8. The highest BCUT2D eigenvalue weighted by Crippen LogP contribution is 2.30. The molecule has 0 fully saturated rings. The van der Waals surface area contributed by atoms with E-state index in [1.807, 2.05) is 24.3 Å². The fraction of sp³-hybridized carbons (Fsp3) is 0.200. The third-order valence-corrected chi connectivity index (χ3v) is 5.14. The van der Waals surface area contributed by atoms with E-state index in [2.05, 4.69) is 31.4 Å². The molecule has 4 rings (SSSR count). The van der Waals surface area contributed by atoms with Gasteiger partial charge in [-0.05, 0) is 43.5 Å². The molecular weight excluding hydrogens is 394 g/mol. The summed E-state index contributed by atoms with van der Waals surface area (Å²) in [5.74, 6) is -0.0618. The minimum atomic E-state index is -0.170. The van der Waals surface area contributed by atoms with Gasteiger partial charge in [-0.25, -0.2) is 0 Å². The molecule has 1 heterocycles. The molecule has 1 aliphatic carbocycles. The number of fused-ring (bicyclic) bond motifs is 1. The number of anilines is 1. The first-order chi connectivity index (χ1) is 12.6. The number of aromatic hydroxyl groups is 1. The smallest absolute Gasteiger partial charge is 0.228 e. The highest BCUT2D eigenvalue weighted by molar-refractivity contribution is 9.10. The zero-order valence-electron chi connectivity index (χ0n) is 14.1. The number of rotatable bonds is 4. The van der Waals surface area contributed by atoms with Crippen molar-refractivity contribution in [3.05, 3.63) is 63.8 Å². The van der Waals surface area contributed by atoms with Gasteiger partial charge in [0.15, 0.2) is 0 Å². The maximum atomic E-state index is 12.2. The zero-order valence-corrected chi connectivity index (χ0v) is 15.6. The summed E-state index contributed by atoms with van der Waals surface area (Å²) < 4.78 is 0.777. The van der Waals surface area contributed by atoms with E-state index in [9.17, 15) is 9.90 Å². The Morgan fingerprint density at radius 2 is 2.00 bits per heavy atom. The first kappa shape index (κ1) is 16.8. The number of aryl methyl sites for hydroxylation is 1. The average Bonchev–Trinajstić information content (AvgIpc) is 3.22. The van der Waals surface area contributed by atoms with Gasteiger partial charge in [-0.15, -0.1) is 0 Å². The summed E-state index contributed by atoms with van der Waals surface area (Å²) in [7, 11) is 0. The number of aromatic amines is 1. The Hall–Kier alpha value is -2.60. The Morgan fingerprint density at radius 1 is 1.19 bits per heavy atom. The number of hydrogen-bond acceptors (Lipinski definition) is 3. The van der Waals surface area contributed by atoms with E-state index in [0.717, 1.165) is 34.3 Å². The number of carbonyl (C=O) groups is 1. The number of H-pyrrole nitrogens is 1. The molecular formula is C20H18BrN3O2. The lowest BCUT2D eigenvalue weighted by Crippen LogP contribution is -2.14. The van der Waals surface area contributed by atoms with Crippen LogP contribution in [0.4, 0.5) is 5.69 Å². The summed E-state index contributed by atoms with van der Waals surface area (Å²) in [5.41, 5.74) is 5.93. The molecule has 6 heteroatoms. The van der Waals surface area contributed by atoms with Crippen LogP contribution >= 0.6 is 15.9 Å². The van der Waals surface area contributed by atoms with Crippen LogP contribution < -0.4 is 5.32 Å². The molecule has 132 valence electrons. The number of phenolic OH excluding ortho intramolecular Hbond substituents is 1. The molecule has 3 aromatic rings. The number of amides is 1. The molecule has 5 nitrogen and oxygen atoms in total. The second-order valence-electron chi connectivity index (χ2n) is 6.46. The molecule has 3 N–H and O–H groups in total. The summed E-state index contributed by atoms with van der Waals surface area (Å²) in [6.45, 7) is 0. The number of hydrogen-bond donors (Lipinski definition) is 3. The van der Waals surface area contributed by atoms with Crippen LogP contribution in [0.15, 0.2) is 46.9 Å². The number of nitrogens with one attached hydrogen (secondary N) is 2. The lowest BCUT2D eigenvalue weighted by atomic mass is 10.1. The van der Waals surface area contributed by atoms with Gasteiger partial charge in [0, 0.05) is 32.5 Å². The van der Waals surface area contributed by atoms with Crippen LogP contribution in [0.2, 0.25) is 0 Å². The normalized spacial score (nSPS) is 12.8. The van der Waals surface area contributed by atoms with Gasteiger partial charge in [0.2, 0.25) is 5.91 Å². The van der Waals surface area contributed by atoms with Gasteiger partial charge >= 0.3 is 0 Å². The van der Waals surface area contributed by atoms with E-state index >= 15 is 0 Å². The maximum Gasteiger partial charge on any atom is 0.228 e. The molecule has 0 aliphatic heterocycles. The van der Waals surface area contributed by atoms with Crippen LogP contribution in [0.5, 0.6) is 5.75 Å². The zero-order chi connectivity index (χ0) is 18.1. The summed E-state index contributed by atoms with van der Waals surface area (Å²) in [6.07, 6.45) is 3.43. The number of phenols is 1. The molecule has 1 aliphatic rings. The Morgan fingerprint density at radius 3 is 2.77 bits per heavy atom. The maximum absolute atomic E-state index is 12.2. The second kappa shape index (κ2) is 6.96. The van der Waals surface area contributed by atoms with Crippen molar-refractivity contribution in [1.82, 2.24) is 10.2 Å². The number of halogens is 1. The third-order valence-electron chi connectivity index (χ3n) is 4.65. The second-order valence-corrected chi connectivity index (χ2v) is 7.37. The molecule has 0 unspecified atom stereocenters. The highest BCUT2D eigenvalue weighted by atomic mass is 79.9. The lowest BCUT2D eigenvalue weighted by molar-refractivity contribution is -0.115. The molecule has 0 saturated carbocycles. The molecule has 0 radical (unpaired) electrons. The quantitative estimate of drug-likeness (QED) is 0.601. The van der Waals surface area contributed by atoms with Gasteiger partial charge in [-0.2, -0.15) is 5.10 Å². The van der Waals surface area contributed by atoms with Crippen LogP contribution in [0.1, 0.15) is 23.2 Å². The van der Waals surface area contributed by atoms with Gasteiger partial charge in [-0.3, -0.25) is 9.89 Å². The Labute approximate surface area is 159 Å². The van der Waals surface area contributed by atoms with Crippen molar-refractivity contribution in [3.63, 3.8) is 0 Å². The molecule has 0 atom stereocenters. The van der Waals surface area contributed by atoms with Crippen molar-refractivity contribution >= 4 is 27.5 Å². The SMILES string of the molecule is O=C(Cc1ccc(Br)cc1O)Nc1ccc(-c2n[nH]c3c2CCC3)cc1. The molecule has 2 aromatic carbocycles. The molecule has 26 heavy (non-hydrogen) atoms. The monoisotopic (exact) mass is 411 g/mol. The van der Waals surface area contributed by atoms with Gasteiger partial charge in [0.25, 0.3) is 0 Å². The Bertz CT molecular complexity index is 964. The fourth-order valence-electron chi connectivity index (χ4n) is 3.33. The molecule has 0 spiro atoms. The highest BCUT2D eigenvalue weighted by Gasteiger charge is 2.19. The Balaban J connectivity index is 1.44. The number of benzene rings is 2. The molecule has 1 aromatic heterocycles. The first-order valence-electron chi connectivity index (χ1n) is 8.54. The number of nitrogens with zero attached hydrogens (tertiary/aromatic N) is 1. The van der Waals surface area contributed by atoms with Crippen LogP contribution in [0.25, 0.3) is 11.3 Å². The largest absolute Gasteiger partial charge is 0.508 e. The summed E-state index contributed by atoms with van der Waals surface area (Å²) >= 11 is 3.29. The van der Waals surface area contributed by atoms with E-state index < -0.39 is 0 Å². The molecule has 1 amide bonds. The predicted molar refractivity (Wildman–Crippen MR) is 104 cm³/mol. The molecule has 0 saturated heterocycles. The number of carbonyl (C=O) groups excluding carboxylic acids is 1.